The molecule has 2 heterocycles. The molecule has 1 aromatic rings. The summed E-state index contributed by atoms with van der Waals surface area (Å²) in [4.78, 5) is 23.5. The third-order valence-electron chi connectivity index (χ3n) is 3.89. The summed E-state index contributed by atoms with van der Waals surface area (Å²) in [6, 6.07) is 7.53. The minimum atomic E-state index is -1.24. The lowest BCUT2D eigenvalue weighted by Crippen LogP contribution is -2.46. The first-order valence-corrected chi connectivity index (χ1v) is 7.43. The topological polar surface area (TPSA) is 78.5 Å². The van der Waals surface area contributed by atoms with Crippen LogP contribution in [0.25, 0.3) is 0 Å². The Morgan fingerprint density at radius 1 is 1.19 bits per heavy atom. The van der Waals surface area contributed by atoms with Crippen molar-refractivity contribution in [3.05, 3.63) is 46.5 Å². The molecule has 1 fully saturated rings. The fourth-order valence-corrected chi connectivity index (χ4v) is 3.27. The van der Waals surface area contributed by atoms with Crippen molar-refractivity contribution in [2.45, 2.75) is 18.8 Å². The summed E-state index contributed by atoms with van der Waals surface area (Å²) in [5.74, 6) is -3.21. The maximum atomic E-state index is 12.3. The molecule has 1 aromatic carbocycles. The normalized spacial score (nSPS) is 29.6. The molecule has 2 bridgehead atoms. The van der Waals surface area contributed by atoms with Crippen molar-refractivity contribution < 1.29 is 19.4 Å². The average Bonchev–Trinajstić information content (AvgIpc) is 3.06. The number of carbonyl (C=O) groups is 2. The highest BCUT2D eigenvalue weighted by Crippen LogP contribution is 2.38. The molecule has 0 saturated carbocycles. The van der Waals surface area contributed by atoms with Crippen molar-refractivity contribution in [3.63, 3.8) is 0 Å². The first-order valence-electron chi connectivity index (χ1n) is 6.63. The number of amides is 1. The molecule has 6 heteroatoms. The Balaban J connectivity index is 1.69. The van der Waals surface area contributed by atoms with Gasteiger partial charge >= 0.3 is 0 Å². The van der Waals surface area contributed by atoms with E-state index in [2.05, 4.69) is 21.2 Å². The summed E-state index contributed by atoms with van der Waals surface area (Å²) in [7, 11) is 0. The van der Waals surface area contributed by atoms with Gasteiger partial charge in [-0.25, -0.2) is 0 Å². The number of benzene rings is 1. The van der Waals surface area contributed by atoms with E-state index in [1.54, 1.807) is 12.2 Å². The molecule has 0 aliphatic carbocycles. The number of carbonyl (C=O) groups excluding carboxylic acids is 2. The monoisotopic (exact) mass is 350 g/mol. The number of carboxylic acids is 1. The predicted octanol–water partition coefficient (Wildman–Crippen LogP) is 0.385. The molecule has 3 rings (SSSR count). The molecule has 0 spiro atoms. The number of hydrogen-bond donors (Lipinski definition) is 1. The van der Waals surface area contributed by atoms with Gasteiger partial charge in [0.1, 0.15) is 0 Å². The van der Waals surface area contributed by atoms with Gasteiger partial charge in [0.15, 0.2) is 0 Å². The van der Waals surface area contributed by atoms with Crippen LogP contribution < -0.4 is 10.4 Å². The Morgan fingerprint density at radius 2 is 1.86 bits per heavy atom. The quantitative estimate of drug-likeness (QED) is 0.796. The minimum absolute atomic E-state index is 0.322. The molecular formula is C15H13BrNO4-. The highest BCUT2D eigenvalue weighted by molar-refractivity contribution is 9.10. The molecule has 1 amide bonds. The molecule has 1 N–H and O–H groups in total. The van der Waals surface area contributed by atoms with Gasteiger partial charge in [-0.15, -0.1) is 0 Å². The van der Waals surface area contributed by atoms with Crippen LogP contribution in [0.1, 0.15) is 5.56 Å². The first-order chi connectivity index (χ1) is 10.1. The van der Waals surface area contributed by atoms with E-state index in [4.69, 9.17) is 4.74 Å². The standard InChI is InChI=1S/C15H14BrNO4/c16-9-4-2-1-3-8(9)7-17-14(18)12-10-5-6-11(21-10)13(12)15(19)20/h1-6,10-13H,7H2,(H,17,18)(H,19,20)/p-1/t10-,11+,12-,13+/m1/s1. The number of aliphatic carboxylic acids is 1. The van der Waals surface area contributed by atoms with Crippen LogP contribution in [0, 0.1) is 11.8 Å². The van der Waals surface area contributed by atoms with Crippen molar-refractivity contribution in [3.8, 4) is 0 Å². The number of rotatable bonds is 4. The van der Waals surface area contributed by atoms with Gasteiger partial charge in [0.05, 0.1) is 18.1 Å². The van der Waals surface area contributed by atoms with Crippen molar-refractivity contribution in [2.75, 3.05) is 0 Å². The van der Waals surface area contributed by atoms with Gasteiger partial charge in [0.2, 0.25) is 5.91 Å². The van der Waals surface area contributed by atoms with Crippen LogP contribution in [-0.2, 0) is 20.9 Å². The molecule has 2 aliphatic heterocycles. The molecule has 2 aliphatic rings. The third kappa shape index (κ3) is 2.61. The smallest absolute Gasteiger partial charge is 0.227 e. The maximum absolute atomic E-state index is 12.3. The fraction of sp³-hybridized carbons (Fsp3) is 0.333. The van der Waals surface area contributed by atoms with Crippen LogP contribution in [0.3, 0.4) is 0 Å². The Hall–Kier alpha value is -1.66. The number of carboxylic acid groups (broad SMARTS) is 1. The molecule has 110 valence electrons. The minimum Gasteiger partial charge on any atom is -0.550 e. The molecule has 0 aromatic heterocycles. The summed E-state index contributed by atoms with van der Waals surface area (Å²) in [6.07, 6.45) is 2.39. The highest BCUT2D eigenvalue weighted by atomic mass is 79.9. The van der Waals surface area contributed by atoms with Crippen LogP contribution >= 0.6 is 15.9 Å². The Bertz CT molecular complexity index is 615. The van der Waals surface area contributed by atoms with Gasteiger partial charge in [-0.3, -0.25) is 4.79 Å². The number of nitrogens with one attached hydrogen (secondary N) is 1. The van der Waals surface area contributed by atoms with Crippen LogP contribution in [0.4, 0.5) is 0 Å². The van der Waals surface area contributed by atoms with E-state index in [9.17, 15) is 14.7 Å². The number of halogens is 1. The second-order valence-electron chi connectivity index (χ2n) is 5.13. The van der Waals surface area contributed by atoms with Crippen LogP contribution in [0.5, 0.6) is 0 Å². The Morgan fingerprint density at radius 3 is 2.52 bits per heavy atom. The van der Waals surface area contributed by atoms with E-state index in [1.165, 1.54) is 0 Å². The maximum Gasteiger partial charge on any atom is 0.227 e. The lowest BCUT2D eigenvalue weighted by Gasteiger charge is -2.25. The molecule has 4 atom stereocenters. The van der Waals surface area contributed by atoms with E-state index >= 15 is 0 Å². The molecule has 0 unspecified atom stereocenters. The van der Waals surface area contributed by atoms with Crippen LogP contribution in [-0.4, -0.2) is 24.1 Å². The van der Waals surface area contributed by atoms with Gasteiger partial charge in [-0.2, -0.15) is 0 Å². The third-order valence-corrected chi connectivity index (χ3v) is 4.66. The number of fused-ring (bicyclic) bond motifs is 2. The highest BCUT2D eigenvalue weighted by Gasteiger charge is 2.50. The summed E-state index contributed by atoms with van der Waals surface area (Å²) in [5.41, 5.74) is 0.926. The van der Waals surface area contributed by atoms with Crippen molar-refractivity contribution in [1.29, 1.82) is 0 Å². The van der Waals surface area contributed by atoms with Crippen molar-refractivity contribution in [2.24, 2.45) is 11.8 Å². The average molecular weight is 351 g/mol. The molecule has 5 nitrogen and oxygen atoms in total. The van der Waals surface area contributed by atoms with Gasteiger partial charge in [-0.1, -0.05) is 46.3 Å². The van der Waals surface area contributed by atoms with E-state index in [1.807, 2.05) is 24.3 Å². The van der Waals surface area contributed by atoms with E-state index in [0.717, 1.165) is 10.0 Å². The van der Waals surface area contributed by atoms with E-state index in [0.29, 0.717) is 6.54 Å². The molecular weight excluding hydrogens is 338 g/mol. The molecule has 21 heavy (non-hydrogen) atoms. The zero-order chi connectivity index (χ0) is 15.0. The number of hydrogen-bond acceptors (Lipinski definition) is 4. The lowest BCUT2D eigenvalue weighted by atomic mass is 9.82. The van der Waals surface area contributed by atoms with Crippen molar-refractivity contribution in [1.82, 2.24) is 5.32 Å². The number of ether oxygens (including phenoxy) is 1. The van der Waals surface area contributed by atoms with E-state index < -0.39 is 30.0 Å². The second-order valence-corrected chi connectivity index (χ2v) is 5.98. The van der Waals surface area contributed by atoms with E-state index in [-0.39, 0.29) is 5.91 Å². The summed E-state index contributed by atoms with van der Waals surface area (Å²) < 4.78 is 6.35. The van der Waals surface area contributed by atoms with Gasteiger partial charge in [0.25, 0.3) is 0 Å². The zero-order valence-electron chi connectivity index (χ0n) is 11.0. The van der Waals surface area contributed by atoms with Gasteiger partial charge in [0, 0.05) is 22.9 Å². The zero-order valence-corrected chi connectivity index (χ0v) is 12.6. The van der Waals surface area contributed by atoms with Crippen molar-refractivity contribution >= 4 is 27.8 Å². The first kappa shape index (κ1) is 14.3. The Kier molecular flexibility index (Phi) is 3.82. The molecule has 0 radical (unpaired) electrons. The van der Waals surface area contributed by atoms with Crippen LogP contribution in [0.15, 0.2) is 40.9 Å². The SMILES string of the molecule is O=C([O-])[C@@H]1[C@H](C(=O)NCc2ccccc2Br)[C@H]2C=C[C@@H]1O2. The van der Waals surface area contributed by atoms with Gasteiger partial charge in [-0.05, 0) is 11.6 Å². The predicted molar refractivity (Wildman–Crippen MR) is 75.8 cm³/mol. The summed E-state index contributed by atoms with van der Waals surface area (Å²) in [5, 5.41) is 14.0. The van der Waals surface area contributed by atoms with Gasteiger partial charge < -0.3 is 20.0 Å². The lowest BCUT2D eigenvalue weighted by molar-refractivity contribution is -0.313. The molecule has 1 saturated heterocycles. The fourth-order valence-electron chi connectivity index (χ4n) is 2.84. The second kappa shape index (κ2) is 5.61. The van der Waals surface area contributed by atoms with Crippen LogP contribution in [0.2, 0.25) is 0 Å². The summed E-state index contributed by atoms with van der Waals surface area (Å²) >= 11 is 3.41. The Labute approximate surface area is 130 Å². The summed E-state index contributed by atoms with van der Waals surface area (Å²) in [6.45, 7) is 0.331. The largest absolute Gasteiger partial charge is 0.550 e.